The molecular formula is C30H40FN3O2. The van der Waals surface area contributed by atoms with Crippen molar-refractivity contribution in [2.45, 2.75) is 52.0 Å². The van der Waals surface area contributed by atoms with E-state index >= 15 is 0 Å². The van der Waals surface area contributed by atoms with Crippen molar-refractivity contribution >= 4 is 11.8 Å². The lowest BCUT2D eigenvalue weighted by Gasteiger charge is -2.35. The van der Waals surface area contributed by atoms with Crippen LogP contribution >= 0.6 is 0 Å². The van der Waals surface area contributed by atoms with E-state index in [4.69, 9.17) is 0 Å². The van der Waals surface area contributed by atoms with Crippen molar-refractivity contribution in [3.8, 4) is 0 Å². The van der Waals surface area contributed by atoms with Crippen LogP contribution in [0.25, 0.3) is 0 Å². The highest BCUT2D eigenvalue weighted by Crippen LogP contribution is 2.23. The number of carbonyl (C=O) groups excluding carboxylic acids is 2. The summed E-state index contributed by atoms with van der Waals surface area (Å²) in [4.78, 5) is 31.5. The maximum Gasteiger partial charge on any atom is 0.226 e. The summed E-state index contributed by atoms with van der Waals surface area (Å²) in [6.45, 7) is 7.32. The summed E-state index contributed by atoms with van der Waals surface area (Å²) in [5, 5.41) is 0. The second kappa shape index (κ2) is 13.0. The Morgan fingerprint density at radius 2 is 1.56 bits per heavy atom. The molecule has 2 amide bonds. The van der Waals surface area contributed by atoms with Crippen LogP contribution < -0.4 is 0 Å². The Bertz CT molecular complexity index is 965. The van der Waals surface area contributed by atoms with E-state index in [0.29, 0.717) is 39.0 Å². The van der Waals surface area contributed by atoms with E-state index in [2.05, 4.69) is 35.2 Å². The van der Waals surface area contributed by atoms with E-state index < -0.39 is 0 Å². The van der Waals surface area contributed by atoms with Gasteiger partial charge < -0.3 is 14.7 Å². The zero-order chi connectivity index (χ0) is 25.3. The van der Waals surface area contributed by atoms with Crippen LogP contribution in [0.15, 0.2) is 54.6 Å². The topological polar surface area (TPSA) is 43.9 Å². The molecule has 0 unspecified atom stereocenters. The van der Waals surface area contributed by atoms with Gasteiger partial charge in [-0.05, 0) is 87.3 Å². The van der Waals surface area contributed by atoms with E-state index in [1.165, 1.54) is 30.5 Å². The van der Waals surface area contributed by atoms with Crippen LogP contribution in [0.4, 0.5) is 4.39 Å². The Kier molecular flexibility index (Phi) is 9.51. The molecule has 2 aliphatic heterocycles. The molecule has 5 nitrogen and oxygen atoms in total. The SMILES string of the molecule is CC(=O)N1CCC(C(=O)N(CCCN2CCC(Cc3ccccc3)CC2)Cc2ccc(F)cc2)CC1. The minimum atomic E-state index is -0.260. The zero-order valence-electron chi connectivity index (χ0n) is 21.6. The van der Waals surface area contributed by atoms with Crippen molar-refractivity contribution in [2.75, 3.05) is 39.3 Å². The molecule has 0 aliphatic carbocycles. The van der Waals surface area contributed by atoms with Crippen molar-refractivity contribution in [2.24, 2.45) is 11.8 Å². The predicted octanol–water partition coefficient (Wildman–Crippen LogP) is 4.76. The molecule has 2 aromatic carbocycles. The molecule has 0 bridgehead atoms. The van der Waals surface area contributed by atoms with Crippen molar-refractivity contribution in [3.05, 3.63) is 71.5 Å². The van der Waals surface area contributed by atoms with Crippen molar-refractivity contribution < 1.29 is 14.0 Å². The second-order valence-electron chi connectivity index (χ2n) is 10.5. The number of hydrogen-bond acceptors (Lipinski definition) is 3. The van der Waals surface area contributed by atoms with Crippen LogP contribution in [0, 0.1) is 17.7 Å². The van der Waals surface area contributed by atoms with Gasteiger partial charge in [-0.15, -0.1) is 0 Å². The average molecular weight is 494 g/mol. The third-order valence-corrected chi connectivity index (χ3v) is 7.86. The summed E-state index contributed by atoms with van der Waals surface area (Å²) >= 11 is 0. The highest BCUT2D eigenvalue weighted by molar-refractivity contribution is 5.79. The van der Waals surface area contributed by atoms with Crippen LogP contribution in [0.1, 0.15) is 50.2 Å². The number of amides is 2. The molecule has 0 N–H and O–H groups in total. The summed E-state index contributed by atoms with van der Waals surface area (Å²) < 4.78 is 13.4. The highest BCUT2D eigenvalue weighted by Gasteiger charge is 2.29. The monoisotopic (exact) mass is 493 g/mol. The zero-order valence-corrected chi connectivity index (χ0v) is 21.6. The number of hydrogen-bond donors (Lipinski definition) is 0. The fourth-order valence-electron chi connectivity index (χ4n) is 5.62. The van der Waals surface area contributed by atoms with Gasteiger partial charge in [0.15, 0.2) is 0 Å². The molecule has 194 valence electrons. The van der Waals surface area contributed by atoms with E-state index in [9.17, 15) is 14.0 Å². The lowest BCUT2D eigenvalue weighted by Crippen LogP contribution is -2.44. The summed E-state index contributed by atoms with van der Waals surface area (Å²) in [5.74, 6) is 0.695. The van der Waals surface area contributed by atoms with Gasteiger partial charge in [-0.2, -0.15) is 0 Å². The molecule has 6 heteroatoms. The summed E-state index contributed by atoms with van der Waals surface area (Å²) in [6, 6.07) is 17.2. The normalized spacial score (nSPS) is 17.8. The average Bonchev–Trinajstić information content (AvgIpc) is 2.90. The minimum absolute atomic E-state index is 0.0465. The molecule has 4 rings (SSSR count). The maximum absolute atomic E-state index is 13.5. The first-order valence-corrected chi connectivity index (χ1v) is 13.5. The molecule has 36 heavy (non-hydrogen) atoms. The highest BCUT2D eigenvalue weighted by atomic mass is 19.1. The Morgan fingerprint density at radius 3 is 2.19 bits per heavy atom. The minimum Gasteiger partial charge on any atom is -0.343 e. The molecule has 0 spiro atoms. The van der Waals surface area contributed by atoms with Crippen LogP contribution in [-0.4, -0.2) is 65.8 Å². The molecule has 2 aliphatic rings. The van der Waals surface area contributed by atoms with Gasteiger partial charge in [0.2, 0.25) is 11.8 Å². The van der Waals surface area contributed by atoms with Gasteiger partial charge in [-0.25, -0.2) is 4.39 Å². The van der Waals surface area contributed by atoms with E-state index in [-0.39, 0.29) is 23.5 Å². The molecule has 0 radical (unpaired) electrons. The third kappa shape index (κ3) is 7.63. The lowest BCUT2D eigenvalue weighted by atomic mass is 9.90. The first-order chi connectivity index (χ1) is 17.5. The number of benzene rings is 2. The number of likely N-dealkylation sites (tertiary alicyclic amines) is 2. The smallest absolute Gasteiger partial charge is 0.226 e. The molecule has 2 aromatic rings. The molecule has 2 saturated heterocycles. The second-order valence-corrected chi connectivity index (χ2v) is 10.5. The first kappa shape index (κ1) is 26.3. The maximum atomic E-state index is 13.5. The Morgan fingerprint density at radius 1 is 0.889 bits per heavy atom. The molecule has 2 heterocycles. The third-order valence-electron chi connectivity index (χ3n) is 7.86. The Labute approximate surface area is 215 Å². The van der Waals surface area contributed by atoms with E-state index in [1.54, 1.807) is 19.1 Å². The fourth-order valence-corrected chi connectivity index (χ4v) is 5.62. The molecular weight excluding hydrogens is 453 g/mol. The largest absolute Gasteiger partial charge is 0.343 e. The van der Waals surface area contributed by atoms with Crippen LogP contribution in [0.5, 0.6) is 0 Å². The van der Waals surface area contributed by atoms with Gasteiger partial charge in [0.25, 0.3) is 0 Å². The predicted molar refractivity (Wildman–Crippen MR) is 141 cm³/mol. The van der Waals surface area contributed by atoms with Crippen molar-refractivity contribution in [3.63, 3.8) is 0 Å². The molecule has 0 atom stereocenters. The van der Waals surface area contributed by atoms with Crippen LogP contribution in [0.2, 0.25) is 0 Å². The quantitative estimate of drug-likeness (QED) is 0.506. The van der Waals surface area contributed by atoms with Crippen LogP contribution in [0.3, 0.4) is 0 Å². The number of rotatable bonds is 9. The number of nitrogens with zero attached hydrogens (tertiary/aromatic N) is 3. The van der Waals surface area contributed by atoms with Gasteiger partial charge >= 0.3 is 0 Å². The molecule has 2 fully saturated rings. The first-order valence-electron chi connectivity index (χ1n) is 13.5. The lowest BCUT2D eigenvalue weighted by molar-refractivity contribution is -0.140. The van der Waals surface area contributed by atoms with Crippen LogP contribution in [-0.2, 0) is 22.6 Å². The molecule has 0 aromatic heterocycles. The van der Waals surface area contributed by atoms with Crippen molar-refractivity contribution in [1.29, 1.82) is 0 Å². The Hall–Kier alpha value is -2.73. The van der Waals surface area contributed by atoms with Gasteiger partial charge in [0, 0.05) is 39.0 Å². The molecule has 0 saturated carbocycles. The van der Waals surface area contributed by atoms with Gasteiger partial charge in [0.05, 0.1) is 0 Å². The number of halogens is 1. The summed E-state index contributed by atoms with van der Waals surface area (Å²) in [6.07, 6.45) is 5.98. The van der Waals surface area contributed by atoms with Gasteiger partial charge in [-0.1, -0.05) is 42.5 Å². The van der Waals surface area contributed by atoms with Gasteiger partial charge in [-0.3, -0.25) is 9.59 Å². The standard InChI is InChI=1S/C30H40FN3O2/c1-24(35)33-20-14-28(15-21-33)30(36)34(23-27-8-10-29(31)11-9-27)17-5-16-32-18-12-26(13-19-32)22-25-6-3-2-4-7-25/h2-4,6-11,26,28H,5,12-23H2,1H3. The van der Waals surface area contributed by atoms with E-state index in [1.807, 2.05) is 9.80 Å². The summed E-state index contributed by atoms with van der Waals surface area (Å²) in [5.41, 5.74) is 2.38. The van der Waals surface area contributed by atoms with Gasteiger partial charge in [0.1, 0.15) is 5.82 Å². The summed E-state index contributed by atoms with van der Waals surface area (Å²) in [7, 11) is 0. The fraction of sp³-hybridized carbons (Fsp3) is 0.533. The number of carbonyl (C=O) groups is 2. The number of piperidine rings is 2. The Balaban J connectivity index is 1.27. The van der Waals surface area contributed by atoms with Crippen molar-refractivity contribution in [1.82, 2.24) is 14.7 Å². The van der Waals surface area contributed by atoms with E-state index in [0.717, 1.165) is 44.0 Å².